The summed E-state index contributed by atoms with van der Waals surface area (Å²) in [5.74, 6) is -4.40. The second-order valence-electron chi connectivity index (χ2n) is 18.8. The van der Waals surface area contributed by atoms with Crippen molar-refractivity contribution in [3.8, 4) is 0 Å². The van der Waals surface area contributed by atoms with E-state index in [9.17, 15) is 38.4 Å². The second kappa shape index (κ2) is 24.5. The summed E-state index contributed by atoms with van der Waals surface area (Å²) in [6, 6.07) is 10.2. The van der Waals surface area contributed by atoms with E-state index in [1.165, 1.54) is 11.8 Å². The lowest BCUT2D eigenvalue weighted by Gasteiger charge is -2.32. The van der Waals surface area contributed by atoms with E-state index in [-0.39, 0.29) is 50.5 Å². The van der Waals surface area contributed by atoms with Crippen molar-refractivity contribution in [2.45, 2.75) is 159 Å². The molecule has 2 aliphatic carbocycles. The Morgan fingerprint density at radius 2 is 1.19 bits per heavy atom. The van der Waals surface area contributed by atoms with E-state index in [1.54, 1.807) is 18.3 Å². The molecule has 6 rings (SSSR count). The molecule has 67 heavy (non-hydrogen) atoms. The summed E-state index contributed by atoms with van der Waals surface area (Å²) >= 11 is 0. The summed E-state index contributed by atoms with van der Waals surface area (Å²) < 4.78 is 0. The molecule has 3 aliphatic rings. The lowest BCUT2D eigenvalue weighted by molar-refractivity contribution is -0.143. The number of primary amides is 2. The van der Waals surface area contributed by atoms with Crippen LogP contribution in [-0.2, 0) is 51.2 Å². The number of nitrogens with one attached hydrogen (secondary N) is 6. The van der Waals surface area contributed by atoms with Crippen LogP contribution in [0.5, 0.6) is 0 Å². The van der Waals surface area contributed by atoms with Crippen molar-refractivity contribution >= 4 is 58.2 Å². The molecule has 0 spiro atoms. The normalized spacial score (nSPS) is 19.0. The average molecular weight is 924 g/mol. The fourth-order valence-corrected chi connectivity index (χ4v) is 10.2. The monoisotopic (exact) mass is 924 g/mol. The smallest absolute Gasteiger partial charge is 0.245 e. The van der Waals surface area contributed by atoms with Gasteiger partial charge in [0.25, 0.3) is 0 Å². The van der Waals surface area contributed by atoms with Crippen molar-refractivity contribution in [2.75, 3.05) is 6.54 Å². The highest BCUT2D eigenvalue weighted by atomic mass is 16.2. The molecule has 362 valence electrons. The molecule has 6 atom stereocenters. The molecule has 17 heteroatoms. The molecule has 8 amide bonds. The summed E-state index contributed by atoms with van der Waals surface area (Å²) in [6.07, 6.45) is 12.9. The third-order valence-corrected chi connectivity index (χ3v) is 13.7. The first-order chi connectivity index (χ1) is 32.2. The molecule has 3 aromatic rings. The maximum atomic E-state index is 14.7. The van der Waals surface area contributed by atoms with Gasteiger partial charge in [-0.05, 0) is 61.1 Å². The predicted molar refractivity (Wildman–Crippen MR) is 252 cm³/mol. The first kappa shape index (κ1) is 50.2. The summed E-state index contributed by atoms with van der Waals surface area (Å²) in [5, 5.41) is 15.1. The first-order valence-electron chi connectivity index (χ1n) is 24.2. The van der Waals surface area contributed by atoms with E-state index in [0.29, 0.717) is 19.3 Å². The predicted octanol–water partition coefficient (Wildman–Crippen LogP) is 3.08. The molecule has 1 aromatic heterocycles. The van der Waals surface area contributed by atoms with Gasteiger partial charge in [-0.25, -0.2) is 0 Å². The lowest BCUT2D eigenvalue weighted by Crippen LogP contribution is -2.60. The van der Waals surface area contributed by atoms with Crippen LogP contribution in [0.1, 0.15) is 121 Å². The number of H-pyrrole nitrogens is 1. The molecule has 2 aromatic carbocycles. The molecule has 3 fully saturated rings. The highest BCUT2D eigenvalue weighted by Gasteiger charge is 2.40. The molecule has 17 nitrogen and oxygen atoms in total. The van der Waals surface area contributed by atoms with Crippen molar-refractivity contribution in [1.82, 2.24) is 36.5 Å². The fourth-order valence-electron chi connectivity index (χ4n) is 10.2. The molecule has 0 bridgehead atoms. The van der Waals surface area contributed by atoms with Crippen LogP contribution in [0, 0.1) is 11.8 Å². The van der Waals surface area contributed by atoms with Gasteiger partial charge < -0.3 is 47.9 Å². The summed E-state index contributed by atoms with van der Waals surface area (Å²) in [6.45, 7) is 1.46. The van der Waals surface area contributed by atoms with E-state index >= 15 is 0 Å². The fraction of sp³-hybridized carbons (Fsp3) is 0.560. The zero-order valence-corrected chi connectivity index (χ0v) is 38.7. The Hall–Kier alpha value is -6.26. The van der Waals surface area contributed by atoms with Crippen LogP contribution >= 0.6 is 0 Å². The second-order valence-corrected chi connectivity index (χ2v) is 18.8. The number of carbonyl (C=O) groups is 8. The number of rotatable bonds is 22. The van der Waals surface area contributed by atoms with Gasteiger partial charge in [0.1, 0.15) is 36.3 Å². The molecule has 2 saturated carbocycles. The van der Waals surface area contributed by atoms with Crippen LogP contribution in [0.4, 0.5) is 0 Å². The number of nitrogens with two attached hydrogens (primary N) is 2. The molecule has 0 radical (unpaired) electrons. The van der Waals surface area contributed by atoms with Crippen LogP contribution < -0.4 is 38.1 Å². The lowest BCUT2D eigenvalue weighted by atomic mass is 9.84. The topological polar surface area (TPSA) is 268 Å². The molecule has 0 unspecified atom stereocenters. The minimum absolute atomic E-state index is 0.0814. The van der Waals surface area contributed by atoms with E-state index < -0.39 is 83.5 Å². The number of amides is 8. The van der Waals surface area contributed by atoms with Crippen molar-refractivity contribution < 1.29 is 38.4 Å². The molecule has 1 saturated heterocycles. The number of fused-ring (bicyclic) bond motifs is 1. The number of aromatic amines is 1. The maximum absolute atomic E-state index is 14.7. The number of aromatic nitrogens is 1. The van der Waals surface area contributed by atoms with Gasteiger partial charge in [-0.2, -0.15) is 0 Å². The van der Waals surface area contributed by atoms with Gasteiger partial charge >= 0.3 is 0 Å². The summed E-state index contributed by atoms with van der Waals surface area (Å²) in [4.78, 5) is 113. The molecule has 2 heterocycles. The SMILES string of the molecule is CC(=O)N[C@@H](Cc1ccccc1)C(=O)N[C@@H](CCC(N)=O)C(=O)N1CCC[C@H]1C(=O)N[C@@H](CC1CCCCC1)C(=O)N[C@@H](Cc1c[nH]c2ccccc12)C(=O)N[C@@H](CC1CCCCC1)C(N)=O. The molecular formula is C50H69N9O8. The van der Waals surface area contributed by atoms with E-state index in [1.807, 2.05) is 42.5 Å². The van der Waals surface area contributed by atoms with Crippen LogP contribution in [0.25, 0.3) is 10.9 Å². The Bertz CT molecular complexity index is 2200. The number of carbonyl (C=O) groups excluding carboxylic acids is 8. The number of para-hydroxylation sites is 1. The van der Waals surface area contributed by atoms with Gasteiger partial charge in [0, 0.05) is 49.8 Å². The van der Waals surface area contributed by atoms with Crippen molar-refractivity contribution in [3.05, 3.63) is 71.9 Å². The van der Waals surface area contributed by atoms with Gasteiger partial charge in [-0.15, -0.1) is 0 Å². The van der Waals surface area contributed by atoms with Gasteiger partial charge in [0.15, 0.2) is 0 Å². The van der Waals surface area contributed by atoms with Crippen LogP contribution in [0.3, 0.4) is 0 Å². The Morgan fingerprint density at radius 3 is 1.82 bits per heavy atom. The zero-order valence-electron chi connectivity index (χ0n) is 38.7. The zero-order chi connectivity index (χ0) is 47.9. The van der Waals surface area contributed by atoms with E-state index in [4.69, 9.17) is 11.5 Å². The third kappa shape index (κ3) is 14.6. The Kier molecular flexibility index (Phi) is 18.3. The third-order valence-electron chi connectivity index (χ3n) is 13.7. The molecule has 1 aliphatic heterocycles. The number of nitrogens with zero attached hydrogens (tertiary/aromatic N) is 1. The van der Waals surface area contributed by atoms with E-state index in [0.717, 1.165) is 86.2 Å². The Labute approximate surface area is 392 Å². The van der Waals surface area contributed by atoms with Crippen molar-refractivity contribution in [2.24, 2.45) is 23.3 Å². The van der Waals surface area contributed by atoms with Gasteiger partial charge in [0.05, 0.1) is 0 Å². The highest BCUT2D eigenvalue weighted by molar-refractivity contribution is 5.98. The van der Waals surface area contributed by atoms with Crippen LogP contribution in [0.15, 0.2) is 60.8 Å². The number of likely N-dealkylation sites (tertiary alicyclic amines) is 1. The van der Waals surface area contributed by atoms with E-state index in [2.05, 4.69) is 31.6 Å². The van der Waals surface area contributed by atoms with Crippen molar-refractivity contribution in [3.63, 3.8) is 0 Å². The Morgan fingerprint density at radius 1 is 0.627 bits per heavy atom. The Balaban J connectivity index is 1.21. The minimum atomic E-state index is -1.26. The number of hydrogen-bond acceptors (Lipinski definition) is 8. The van der Waals surface area contributed by atoms with Gasteiger partial charge in [0.2, 0.25) is 47.3 Å². The molecular weight excluding hydrogens is 855 g/mol. The first-order valence-corrected chi connectivity index (χ1v) is 24.2. The minimum Gasteiger partial charge on any atom is -0.370 e. The maximum Gasteiger partial charge on any atom is 0.245 e. The number of hydrogen-bond donors (Lipinski definition) is 8. The van der Waals surface area contributed by atoms with Crippen molar-refractivity contribution in [1.29, 1.82) is 0 Å². The van der Waals surface area contributed by atoms with Gasteiger partial charge in [-0.1, -0.05) is 113 Å². The number of benzene rings is 2. The standard InChI is InChI=1S/C50H69N9O8/c1-31(60)54-40(27-33-16-7-3-8-17-33)46(63)55-38(23-24-44(51)61)50(67)59-25-13-22-43(59)49(66)58-41(28-34-18-9-4-10-19-34)47(64)57-42(29-35-30-53-37-21-12-11-20-36(35)37)48(65)56-39(45(52)62)26-32-14-5-2-6-15-32/h3,7-8,11-12,16-17,20-21,30,32,34,38-43,53H,2,4-6,9-10,13-15,18-19,22-29H2,1H3,(H2,51,61)(H2,52,62)(H,54,60)(H,55,63)(H,56,65)(H,57,64)(H,58,66)/t38-,39-,40-,41-,42-,43-/m0/s1. The quantitative estimate of drug-likeness (QED) is 0.0741. The molecule has 10 N–H and O–H groups in total. The highest BCUT2D eigenvalue weighted by Crippen LogP contribution is 2.30. The van der Waals surface area contributed by atoms with Crippen LogP contribution in [0.2, 0.25) is 0 Å². The summed E-state index contributed by atoms with van der Waals surface area (Å²) in [7, 11) is 0. The summed E-state index contributed by atoms with van der Waals surface area (Å²) in [5.41, 5.74) is 13.8. The average Bonchev–Trinajstić information content (AvgIpc) is 3.98. The van der Waals surface area contributed by atoms with Crippen LogP contribution in [-0.4, -0.2) is 99.9 Å². The van der Waals surface area contributed by atoms with Gasteiger partial charge in [-0.3, -0.25) is 38.4 Å². The largest absolute Gasteiger partial charge is 0.370 e.